The van der Waals surface area contributed by atoms with Gasteiger partial charge in [-0.1, -0.05) is 0 Å². The Morgan fingerprint density at radius 2 is 2.05 bits per heavy atom. The van der Waals surface area contributed by atoms with E-state index in [4.69, 9.17) is 0 Å². The molecule has 2 heterocycles. The highest BCUT2D eigenvalue weighted by molar-refractivity contribution is 8.05. The zero-order valence-corrected chi connectivity index (χ0v) is 11.2. The fourth-order valence-corrected chi connectivity index (χ4v) is 3.59. The Kier molecular flexibility index (Phi) is 3.29. The van der Waals surface area contributed by atoms with Gasteiger partial charge in [-0.2, -0.15) is 13.2 Å². The standard InChI is InChI=1S/C10H8F3NO3S2/c1-19(16,17)8-3-7-6(9(15)14-8)2-5(18-7)4-10(11,12)13/h2H,3-4H2,1H3. The number of carbonyl (C=O) groups excluding carboxylic acids is 1. The molecule has 1 aliphatic heterocycles. The van der Waals surface area contributed by atoms with Crippen molar-refractivity contribution in [2.45, 2.75) is 19.0 Å². The van der Waals surface area contributed by atoms with Crippen LogP contribution >= 0.6 is 11.3 Å². The van der Waals surface area contributed by atoms with E-state index in [2.05, 4.69) is 4.99 Å². The molecule has 0 atom stereocenters. The number of fused-ring (bicyclic) bond motifs is 1. The molecule has 0 saturated heterocycles. The summed E-state index contributed by atoms with van der Waals surface area (Å²) >= 11 is 0.800. The maximum Gasteiger partial charge on any atom is 0.393 e. The number of nitrogens with zero attached hydrogens (tertiary/aromatic N) is 1. The van der Waals surface area contributed by atoms with Gasteiger partial charge in [0.25, 0.3) is 5.91 Å². The monoisotopic (exact) mass is 311 g/mol. The molecule has 0 aromatic carbocycles. The van der Waals surface area contributed by atoms with Crippen LogP contribution in [0.4, 0.5) is 13.2 Å². The molecule has 0 N–H and O–H groups in total. The highest BCUT2D eigenvalue weighted by Crippen LogP contribution is 2.32. The van der Waals surface area contributed by atoms with Crippen LogP contribution in [0.1, 0.15) is 20.1 Å². The lowest BCUT2D eigenvalue weighted by Crippen LogP contribution is -2.21. The molecule has 0 saturated carbocycles. The van der Waals surface area contributed by atoms with E-state index in [1.807, 2.05) is 0 Å². The van der Waals surface area contributed by atoms with Crippen LogP contribution in [-0.4, -0.2) is 31.8 Å². The van der Waals surface area contributed by atoms with Crippen LogP contribution in [0.5, 0.6) is 0 Å². The highest BCUT2D eigenvalue weighted by Gasteiger charge is 2.32. The van der Waals surface area contributed by atoms with E-state index in [0.717, 1.165) is 23.7 Å². The lowest BCUT2D eigenvalue weighted by Gasteiger charge is -2.08. The zero-order valence-electron chi connectivity index (χ0n) is 9.61. The summed E-state index contributed by atoms with van der Waals surface area (Å²) in [4.78, 5) is 15.3. The minimum Gasteiger partial charge on any atom is -0.267 e. The smallest absolute Gasteiger partial charge is 0.267 e. The van der Waals surface area contributed by atoms with E-state index in [-0.39, 0.29) is 21.9 Å². The zero-order chi connectivity index (χ0) is 14.4. The minimum absolute atomic E-state index is 0.0178. The summed E-state index contributed by atoms with van der Waals surface area (Å²) in [5.41, 5.74) is 0.0663. The summed E-state index contributed by atoms with van der Waals surface area (Å²) in [5, 5.41) is -0.301. The van der Waals surface area contributed by atoms with Crippen molar-refractivity contribution in [3.63, 3.8) is 0 Å². The molecular weight excluding hydrogens is 303 g/mol. The average Bonchev–Trinajstić information content (AvgIpc) is 2.56. The normalized spacial score (nSPS) is 16.2. The molecule has 1 aliphatic rings. The Morgan fingerprint density at radius 3 is 2.58 bits per heavy atom. The number of sulfone groups is 1. The first-order valence-corrected chi connectivity index (χ1v) is 7.77. The summed E-state index contributed by atoms with van der Waals surface area (Å²) in [6, 6.07) is 1.14. The van der Waals surface area contributed by atoms with Gasteiger partial charge in [0.1, 0.15) is 5.04 Å². The summed E-state index contributed by atoms with van der Waals surface area (Å²) < 4.78 is 59.4. The van der Waals surface area contributed by atoms with Crippen LogP contribution in [0.25, 0.3) is 0 Å². The number of alkyl halides is 3. The molecular formula is C10H8F3NO3S2. The van der Waals surface area contributed by atoms with Crippen molar-refractivity contribution in [1.29, 1.82) is 0 Å². The third kappa shape index (κ3) is 3.21. The van der Waals surface area contributed by atoms with E-state index in [0.29, 0.717) is 4.88 Å². The number of aliphatic imine (C=N–C) groups is 1. The summed E-state index contributed by atoms with van der Waals surface area (Å²) in [5.74, 6) is -0.800. The van der Waals surface area contributed by atoms with E-state index >= 15 is 0 Å². The maximum atomic E-state index is 12.3. The van der Waals surface area contributed by atoms with Gasteiger partial charge in [-0.15, -0.1) is 11.3 Å². The Labute approximate surface area is 110 Å². The minimum atomic E-state index is -4.36. The van der Waals surface area contributed by atoms with Crippen molar-refractivity contribution in [2.24, 2.45) is 4.99 Å². The first kappa shape index (κ1) is 14.2. The first-order chi connectivity index (χ1) is 8.56. The quantitative estimate of drug-likeness (QED) is 0.797. The number of carbonyl (C=O) groups is 1. The van der Waals surface area contributed by atoms with Crippen LogP contribution in [0.15, 0.2) is 11.1 Å². The van der Waals surface area contributed by atoms with Gasteiger partial charge < -0.3 is 0 Å². The molecule has 0 radical (unpaired) electrons. The lowest BCUT2D eigenvalue weighted by atomic mass is 10.1. The van der Waals surface area contributed by atoms with Crippen molar-refractivity contribution in [1.82, 2.24) is 0 Å². The van der Waals surface area contributed by atoms with Crippen LogP contribution in [-0.2, 0) is 22.7 Å². The fourth-order valence-electron chi connectivity index (χ4n) is 1.65. The van der Waals surface area contributed by atoms with Gasteiger partial charge in [0.2, 0.25) is 0 Å². The number of halogens is 3. The maximum absolute atomic E-state index is 12.3. The molecule has 2 rings (SSSR count). The van der Waals surface area contributed by atoms with E-state index in [1.165, 1.54) is 0 Å². The largest absolute Gasteiger partial charge is 0.393 e. The van der Waals surface area contributed by atoms with Crippen molar-refractivity contribution in [3.8, 4) is 0 Å². The molecule has 0 bridgehead atoms. The second-order valence-corrected chi connectivity index (χ2v) is 7.34. The molecule has 0 fully saturated rings. The molecule has 1 amide bonds. The van der Waals surface area contributed by atoms with Crippen molar-refractivity contribution >= 4 is 32.1 Å². The van der Waals surface area contributed by atoms with Crippen LogP contribution in [0, 0.1) is 0 Å². The average molecular weight is 311 g/mol. The molecule has 1 aromatic rings. The second-order valence-electron chi connectivity index (χ2n) is 4.10. The summed E-state index contributed by atoms with van der Waals surface area (Å²) in [6.45, 7) is 0. The molecule has 0 aliphatic carbocycles. The SMILES string of the molecule is CS(=O)(=O)C1=NC(=O)c2cc(CC(F)(F)F)sc2C1. The molecule has 104 valence electrons. The third-order valence-electron chi connectivity index (χ3n) is 2.43. The number of hydrogen-bond donors (Lipinski definition) is 0. The number of hydrogen-bond acceptors (Lipinski definition) is 4. The first-order valence-electron chi connectivity index (χ1n) is 5.06. The van der Waals surface area contributed by atoms with Crippen molar-refractivity contribution in [3.05, 3.63) is 21.4 Å². The van der Waals surface area contributed by atoms with Crippen LogP contribution in [0.2, 0.25) is 0 Å². The van der Waals surface area contributed by atoms with Gasteiger partial charge in [-0.05, 0) is 6.07 Å². The van der Waals surface area contributed by atoms with E-state index in [9.17, 15) is 26.4 Å². The van der Waals surface area contributed by atoms with Crippen LogP contribution < -0.4 is 0 Å². The topological polar surface area (TPSA) is 63.6 Å². The van der Waals surface area contributed by atoms with E-state index in [1.54, 1.807) is 0 Å². The van der Waals surface area contributed by atoms with Gasteiger partial charge in [-0.25, -0.2) is 13.4 Å². The predicted molar refractivity (Wildman–Crippen MR) is 64.4 cm³/mol. The van der Waals surface area contributed by atoms with Crippen LogP contribution in [0.3, 0.4) is 0 Å². The second kappa shape index (κ2) is 4.41. The molecule has 9 heteroatoms. The molecule has 4 nitrogen and oxygen atoms in total. The van der Waals surface area contributed by atoms with E-state index < -0.39 is 28.3 Å². The van der Waals surface area contributed by atoms with Gasteiger partial charge in [0.05, 0.1) is 12.0 Å². The fraction of sp³-hybridized carbons (Fsp3) is 0.400. The lowest BCUT2D eigenvalue weighted by molar-refractivity contribution is -0.126. The van der Waals surface area contributed by atoms with Crippen molar-refractivity contribution in [2.75, 3.05) is 6.26 Å². The van der Waals surface area contributed by atoms with Gasteiger partial charge in [0.15, 0.2) is 9.84 Å². The number of rotatable bonds is 1. The van der Waals surface area contributed by atoms with Gasteiger partial charge in [0, 0.05) is 22.4 Å². The Bertz CT molecular complexity index is 671. The van der Waals surface area contributed by atoms with Gasteiger partial charge >= 0.3 is 6.18 Å². The Morgan fingerprint density at radius 1 is 1.42 bits per heavy atom. The molecule has 19 heavy (non-hydrogen) atoms. The molecule has 0 unspecified atom stereocenters. The molecule has 1 aromatic heterocycles. The summed E-state index contributed by atoms with van der Waals surface area (Å²) in [6.07, 6.45) is -4.71. The van der Waals surface area contributed by atoms with Gasteiger partial charge in [-0.3, -0.25) is 4.79 Å². The number of thiophene rings is 1. The Balaban J connectivity index is 2.35. The highest BCUT2D eigenvalue weighted by atomic mass is 32.2. The predicted octanol–water partition coefficient (Wildman–Crippen LogP) is 1.99. The number of amides is 1. The third-order valence-corrected chi connectivity index (χ3v) is 4.66. The Hall–Kier alpha value is -1.22. The summed E-state index contributed by atoms with van der Waals surface area (Å²) in [7, 11) is -3.61. The molecule has 0 spiro atoms. The van der Waals surface area contributed by atoms with Crippen molar-refractivity contribution < 1.29 is 26.4 Å².